The first-order valence-corrected chi connectivity index (χ1v) is 11.4. The van der Waals surface area contributed by atoms with Crippen LogP contribution in [0.15, 0.2) is 54.7 Å². The monoisotopic (exact) mass is 463 g/mol. The zero-order chi connectivity index (χ0) is 23.0. The van der Waals surface area contributed by atoms with Crippen molar-refractivity contribution in [2.75, 3.05) is 11.9 Å². The number of hydrogen-bond acceptors (Lipinski definition) is 6. The third-order valence-electron chi connectivity index (χ3n) is 6.25. The van der Waals surface area contributed by atoms with Gasteiger partial charge in [-0.2, -0.15) is 0 Å². The molecule has 2 aliphatic rings. The Morgan fingerprint density at radius 3 is 2.27 bits per heavy atom. The molecule has 3 N–H and O–H groups in total. The number of ether oxygens (including phenoxy) is 1. The summed E-state index contributed by atoms with van der Waals surface area (Å²) in [5, 5.41) is 14.7. The fourth-order valence-corrected chi connectivity index (χ4v) is 5.06. The highest BCUT2D eigenvalue weighted by molar-refractivity contribution is 7.17. The van der Waals surface area contributed by atoms with Gasteiger partial charge in [0.2, 0.25) is 0 Å². The molecule has 0 atom stereocenters. The van der Waals surface area contributed by atoms with Gasteiger partial charge in [-0.3, -0.25) is 10.1 Å². The Kier molecular flexibility index (Phi) is 5.33. The minimum atomic E-state index is -1.21. The third kappa shape index (κ3) is 3.84. The number of nitrogens with one attached hydrogen (secondary N) is 2. The van der Waals surface area contributed by atoms with Gasteiger partial charge in [0.15, 0.2) is 5.13 Å². The second kappa shape index (κ2) is 8.32. The van der Waals surface area contributed by atoms with Crippen LogP contribution in [0.25, 0.3) is 11.1 Å². The average molecular weight is 464 g/mol. The van der Waals surface area contributed by atoms with E-state index in [-0.39, 0.29) is 22.5 Å². The molecule has 33 heavy (non-hydrogen) atoms. The molecule has 0 aliphatic heterocycles. The number of nitrogens with zero attached hydrogens (tertiary/aromatic N) is 1. The number of anilines is 1. The molecule has 0 spiro atoms. The van der Waals surface area contributed by atoms with E-state index in [0.717, 1.165) is 40.0 Å². The first-order chi connectivity index (χ1) is 16.0. The zero-order valence-corrected chi connectivity index (χ0v) is 18.4. The van der Waals surface area contributed by atoms with Crippen molar-refractivity contribution in [1.82, 2.24) is 10.3 Å². The lowest BCUT2D eigenvalue weighted by Crippen LogP contribution is -2.59. The summed E-state index contributed by atoms with van der Waals surface area (Å²) >= 11 is 0.964. The van der Waals surface area contributed by atoms with Crippen molar-refractivity contribution in [1.29, 1.82) is 0 Å². The lowest BCUT2D eigenvalue weighted by Gasteiger charge is -2.37. The fraction of sp³-hybridized carbons (Fsp3) is 0.250. The molecule has 0 bridgehead atoms. The van der Waals surface area contributed by atoms with Gasteiger partial charge < -0.3 is 15.2 Å². The maximum absolute atomic E-state index is 12.4. The second-order valence-electron chi connectivity index (χ2n) is 8.18. The summed E-state index contributed by atoms with van der Waals surface area (Å²) in [6, 6.07) is 16.1. The topological polar surface area (TPSA) is 118 Å². The summed E-state index contributed by atoms with van der Waals surface area (Å²) in [7, 11) is 0. The van der Waals surface area contributed by atoms with Crippen LogP contribution in [-0.2, 0) is 9.53 Å². The van der Waals surface area contributed by atoms with E-state index in [1.807, 2.05) is 36.4 Å². The predicted molar refractivity (Wildman–Crippen MR) is 122 cm³/mol. The number of carbonyl (C=O) groups is 3. The Labute approximate surface area is 193 Å². The van der Waals surface area contributed by atoms with E-state index in [2.05, 4.69) is 27.8 Å². The number of aromatic nitrogens is 1. The SMILES string of the molecule is O=C(Nc1ncc(C(=O)NC2(C(=O)O)CCC2)s1)OCC1c2ccccc2-c2ccccc21. The number of benzene rings is 2. The molecule has 2 aromatic carbocycles. The van der Waals surface area contributed by atoms with E-state index >= 15 is 0 Å². The van der Waals surface area contributed by atoms with Gasteiger partial charge >= 0.3 is 12.1 Å². The summed E-state index contributed by atoms with van der Waals surface area (Å²) in [6.07, 6.45) is 2.20. The van der Waals surface area contributed by atoms with Crippen LogP contribution in [0.5, 0.6) is 0 Å². The first kappa shape index (κ1) is 21.1. The number of carboxylic acid groups (broad SMARTS) is 1. The molecule has 8 nitrogen and oxygen atoms in total. The van der Waals surface area contributed by atoms with Crippen LogP contribution in [0.2, 0.25) is 0 Å². The van der Waals surface area contributed by atoms with Gasteiger partial charge in [-0.05, 0) is 41.5 Å². The van der Waals surface area contributed by atoms with Crippen LogP contribution >= 0.6 is 11.3 Å². The Morgan fingerprint density at radius 2 is 1.70 bits per heavy atom. The summed E-state index contributed by atoms with van der Waals surface area (Å²) in [5.74, 6) is -1.62. The minimum absolute atomic E-state index is 0.0598. The van der Waals surface area contributed by atoms with Crippen molar-refractivity contribution in [3.8, 4) is 11.1 Å². The molecule has 168 valence electrons. The van der Waals surface area contributed by atoms with Gasteiger partial charge in [-0.1, -0.05) is 59.9 Å². The molecule has 3 aromatic rings. The van der Waals surface area contributed by atoms with Gasteiger partial charge in [-0.25, -0.2) is 14.6 Å². The lowest BCUT2D eigenvalue weighted by molar-refractivity contribution is -0.148. The normalized spacial score (nSPS) is 15.6. The standard InChI is InChI=1S/C24H21N3O5S/c28-20(27-24(21(29)30)10-5-11-24)19-12-25-22(33-19)26-23(31)32-13-18-16-8-3-1-6-14(16)15-7-2-4-9-17(15)18/h1-4,6-9,12,18H,5,10-11,13H2,(H,27,28)(H,29,30)(H,25,26,31). The average Bonchev–Trinajstić information content (AvgIpc) is 3.37. The Bertz CT molecular complexity index is 1200. The van der Waals surface area contributed by atoms with E-state index in [1.54, 1.807) is 0 Å². The second-order valence-corrected chi connectivity index (χ2v) is 9.21. The number of rotatable bonds is 6. The molecule has 0 unspecified atom stereocenters. The van der Waals surface area contributed by atoms with Crippen LogP contribution in [0.3, 0.4) is 0 Å². The van der Waals surface area contributed by atoms with Crippen molar-refractivity contribution in [3.05, 3.63) is 70.7 Å². The van der Waals surface area contributed by atoms with Crippen LogP contribution in [0.1, 0.15) is 46.0 Å². The minimum Gasteiger partial charge on any atom is -0.480 e. The Balaban J connectivity index is 1.21. The summed E-state index contributed by atoms with van der Waals surface area (Å²) in [4.78, 5) is 40.6. The smallest absolute Gasteiger partial charge is 0.413 e. The molecule has 0 saturated heterocycles. The zero-order valence-electron chi connectivity index (χ0n) is 17.5. The molecule has 1 heterocycles. The van der Waals surface area contributed by atoms with Crippen molar-refractivity contribution < 1.29 is 24.2 Å². The molecule has 9 heteroatoms. The van der Waals surface area contributed by atoms with E-state index in [9.17, 15) is 19.5 Å². The largest absolute Gasteiger partial charge is 0.480 e. The molecule has 2 amide bonds. The van der Waals surface area contributed by atoms with Gasteiger partial charge in [0.05, 0.1) is 6.20 Å². The van der Waals surface area contributed by atoms with Crippen LogP contribution < -0.4 is 10.6 Å². The highest BCUT2D eigenvalue weighted by Gasteiger charge is 2.46. The molecule has 1 aromatic heterocycles. The maximum Gasteiger partial charge on any atom is 0.413 e. The lowest BCUT2D eigenvalue weighted by atomic mass is 9.77. The molecule has 1 saturated carbocycles. The molecular weight excluding hydrogens is 442 g/mol. The number of hydrogen-bond donors (Lipinski definition) is 3. The number of thiazole rings is 1. The van der Waals surface area contributed by atoms with E-state index in [1.165, 1.54) is 6.20 Å². The van der Waals surface area contributed by atoms with Crippen LogP contribution in [0.4, 0.5) is 9.93 Å². The van der Waals surface area contributed by atoms with E-state index in [0.29, 0.717) is 12.8 Å². The van der Waals surface area contributed by atoms with Gasteiger partial charge in [0.1, 0.15) is 17.0 Å². The van der Waals surface area contributed by atoms with Crippen molar-refractivity contribution in [3.63, 3.8) is 0 Å². The summed E-state index contributed by atoms with van der Waals surface area (Å²) in [5.41, 5.74) is 3.30. The highest BCUT2D eigenvalue weighted by Crippen LogP contribution is 2.44. The first-order valence-electron chi connectivity index (χ1n) is 10.6. The summed E-state index contributed by atoms with van der Waals surface area (Å²) in [6.45, 7) is 0.166. The van der Waals surface area contributed by atoms with Crippen LogP contribution in [0, 0.1) is 0 Å². The Morgan fingerprint density at radius 1 is 1.06 bits per heavy atom. The van der Waals surface area contributed by atoms with E-state index < -0.39 is 23.5 Å². The number of carbonyl (C=O) groups excluding carboxylic acids is 2. The van der Waals surface area contributed by atoms with Crippen LogP contribution in [-0.4, -0.2) is 40.2 Å². The number of carboxylic acids is 1. The molecular formula is C24H21N3O5S. The quantitative estimate of drug-likeness (QED) is 0.503. The van der Waals surface area contributed by atoms with E-state index in [4.69, 9.17) is 4.74 Å². The van der Waals surface area contributed by atoms with Gasteiger partial charge in [-0.15, -0.1) is 0 Å². The molecule has 5 rings (SSSR count). The predicted octanol–water partition coefficient (Wildman–Crippen LogP) is 4.24. The van der Waals surface area contributed by atoms with Gasteiger partial charge in [0, 0.05) is 5.92 Å². The third-order valence-corrected chi connectivity index (χ3v) is 7.16. The number of amides is 2. The molecule has 1 fully saturated rings. The molecule has 2 aliphatic carbocycles. The highest BCUT2D eigenvalue weighted by atomic mass is 32.1. The fourth-order valence-electron chi connectivity index (χ4n) is 4.36. The van der Waals surface area contributed by atoms with Crippen molar-refractivity contribution in [2.45, 2.75) is 30.7 Å². The van der Waals surface area contributed by atoms with Crippen molar-refractivity contribution in [2.24, 2.45) is 0 Å². The van der Waals surface area contributed by atoms with Crippen molar-refractivity contribution >= 4 is 34.4 Å². The van der Waals surface area contributed by atoms with Gasteiger partial charge in [0.25, 0.3) is 5.91 Å². The Hall–Kier alpha value is -3.72. The molecule has 0 radical (unpaired) electrons. The summed E-state index contributed by atoms with van der Waals surface area (Å²) < 4.78 is 5.49. The maximum atomic E-state index is 12.4. The number of fused-ring (bicyclic) bond motifs is 3. The number of aliphatic carboxylic acids is 1.